The monoisotopic (exact) mass is 271 g/mol. The van der Waals surface area contributed by atoms with Gasteiger partial charge in [-0.25, -0.2) is 4.68 Å². The van der Waals surface area contributed by atoms with E-state index < -0.39 is 0 Å². The van der Waals surface area contributed by atoms with E-state index in [1.54, 1.807) is 0 Å². The number of carbonyl (C=O) groups excluding carboxylic acids is 1. The van der Waals surface area contributed by atoms with Crippen molar-refractivity contribution in [2.45, 2.75) is 37.5 Å². The van der Waals surface area contributed by atoms with Gasteiger partial charge in [0.05, 0.1) is 18.9 Å². The number of thioether (sulfide) groups is 1. The van der Waals surface area contributed by atoms with Gasteiger partial charge in [0.15, 0.2) is 0 Å². The van der Waals surface area contributed by atoms with Gasteiger partial charge in [-0.3, -0.25) is 4.79 Å². The lowest BCUT2D eigenvalue weighted by atomic mass is 10.4. The number of aliphatic hydroxyl groups excluding tert-OH is 1. The van der Waals surface area contributed by atoms with Crippen LogP contribution in [0, 0.1) is 0 Å². The molecule has 1 amide bonds. The van der Waals surface area contributed by atoms with Crippen LogP contribution < -0.4 is 0 Å². The van der Waals surface area contributed by atoms with Gasteiger partial charge < -0.3 is 10.0 Å². The maximum absolute atomic E-state index is 12.0. The number of nitrogens with zero attached hydrogens (tertiary/aromatic N) is 5. The van der Waals surface area contributed by atoms with E-state index in [1.807, 2.05) is 11.8 Å². The van der Waals surface area contributed by atoms with Crippen LogP contribution in [0.2, 0.25) is 0 Å². The fraction of sp³-hybridized carbons (Fsp3) is 0.800. The summed E-state index contributed by atoms with van der Waals surface area (Å²) in [5.41, 5.74) is 0. The van der Waals surface area contributed by atoms with Crippen LogP contribution in [0.1, 0.15) is 19.8 Å². The first kappa shape index (κ1) is 13.3. The molecule has 1 N–H and O–H groups in total. The van der Waals surface area contributed by atoms with E-state index in [9.17, 15) is 4.79 Å². The van der Waals surface area contributed by atoms with Gasteiger partial charge in [0.25, 0.3) is 0 Å². The molecule has 2 rings (SSSR count). The van der Waals surface area contributed by atoms with Crippen molar-refractivity contribution < 1.29 is 9.90 Å². The molecule has 1 heterocycles. The van der Waals surface area contributed by atoms with Gasteiger partial charge in [0.1, 0.15) is 0 Å². The first-order valence-corrected chi connectivity index (χ1v) is 7.04. The Morgan fingerprint density at radius 2 is 2.39 bits per heavy atom. The summed E-state index contributed by atoms with van der Waals surface area (Å²) in [7, 11) is 0. The predicted molar refractivity (Wildman–Crippen MR) is 66.0 cm³/mol. The lowest BCUT2D eigenvalue weighted by molar-refractivity contribution is -0.128. The smallest absolute Gasteiger partial charge is 0.233 e. The molecule has 0 unspecified atom stereocenters. The summed E-state index contributed by atoms with van der Waals surface area (Å²) in [5.74, 6) is 0.472. The maximum atomic E-state index is 12.0. The lowest BCUT2D eigenvalue weighted by Crippen LogP contribution is -2.34. The number of aliphatic hydroxyl groups is 1. The number of tetrazole rings is 1. The first-order valence-electron chi connectivity index (χ1n) is 6.05. The largest absolute Gasteiger partial charge is 0.394 e. The molecule has 18 heavy (non-hydrogen) atoms. The molecule has 0 atom stereocenters. The van der Waals surface area contributed by atoms with Crippen LogP contribution in [0.3, 0.4) is 0 Å². The molecular weight excluding hydrogens is 254 g/mol. The van der Waals surface area contributed by atoms with Crippen LogP contribution in [0.25, 0.3) is 0 Å². The Bertz CT molecular complexity index is 407. The lowest BCUT2D eigenvalue weighted by Gasteiger charge is -2.19. The topological polar surface area (TPSA) is 84.1 Å². The van der Waals surface area contributed by atoms with E-state index in [-0.39, 0.29) is 12.5 Å². The van der Waals surface area contributed by atoms with Crippen LogP contribution in [0.4, 0.5) is 0 Å². The van der Waals surface area contributed by atoms with Gasteiger partial charge in [-0.05, 0) is 30.2 Å². The average Bonchev–Trinajstić information content (AvgIpc) is 3.09. The number of aromatic nitrogens is 4. The number of amides is 1. The highest BCUT2D eigenvalue weighted by atomic mass is 32.2. The SMILES string of the molecule is CCN(C(=O)CSc1nnnn1CCO)C1CC1. The maximum Gasteiger partial charge on any atom is 0.233 e. The zero-order valence-electron chi connectivity index (χ0n) is 10.3. The van der Waals surface area contributed by atoms with E-state index >= 15 is 0 Å². The molecule has 1 aromatic heterocycles. The van der Waals surface area contributed by atoms with Gasteiger partial charge in [0, 0.05) is 12.6 Å². The third-order valence-electron chi connectivity index (χ3n) is 2.78. The molecule has 1 saturated carbocycles. The van der Waals surface area contributed by atoms with Crippen molar-refractivity contribution in [1.82, 2.24) is 25.1 Å². The zero-order chi connectivity index (χ0) is 13.0. The molecule has 1 aliphatic rings. The Labute approximate surface area is 110 Å². The number of carbonyl (C=O) groups is 1. The summed E-state index contributed by atoms with van der Waals surface area (Å²) >= 11 is 1.32. The van der Waals surface area contributed by atoms with E-state index in [4.69, 9.17) is 5.11 Å². The molecule has 0 aliphatic heterocycles. The number of hydrogen-bond acceptors (Lipinski definition) is 6. The molecule has 1 fully saturated rings. The predicted octanol–water partition coefficient (Wildman–Crippen LogP) is -0.232. The molecule has 1 aliphatic carbocycles. The molecule has 0 bridgehead atoms. The van der Waals surface area contributed by atoms with E-state index in [0.29, 0.717) is 23.5 Å². The van der Waals surface area contributed by atoms with Gasteiger partial charge in [-0.15, -0.1) is 5.10 Å². The minimum Gasteiger partial charge on any atom is -0.394 e. The summed E-state index contributed by atoms with van der Waals surface area (Å²) in [6.07, 6.45) is 2.24. The summed E-state index contributed by atoms with van der Waals surface area (Å²) in [4.78, 5) is 13.9. The van der Waals surface area contributed by atoms with Crippen molar-refractivity contribution in [3.05, 3.63) is 0 Å². The van der Waals surface area contributed by atoms with Gasteiger partial charge in [-0.1, -0.05) is 11.8 Å². The number of rotatable bonds is 7. The van der Waals surface area contributed by atoms with Gasteiger partial charge in [-0.2, -0.15) is 0 Å². The zero-order valence-corrected chi connectivity index (χ0v) is 11.1. The van der Waals surface area contributed by atoms with E-state index in [1.165, 1.54) is 16.4 Å². The quantitative estimate of drug-likeness (QED) is 0.690. The third-order valence-corrected chi connectivity index (χ3v) is 3.73. The molecule has 0 radical (unpaired) electrons. The molecule has 7 nitrogen and oxygen atoms in total. The second-order valence-electron chi connectivity index (χ2n) is 4.11. The van der Waals surface area contributed by atoms with Crippen LogP contribution in [0.15, 0.2) is 5.16 Å². The standard InChI is InChI=1S/C10H17N5O2S/c1-2-14(8-3-4-8)9(17)7-18-10-11-12-13-15(10)5-6-16/h8,16H,2-7H2,1H3. The highest BCUT2D eigenvalue weighted by molar-refractivity contribution is 7.99. The fourth-order valence-corrected chi connectivity index (χ4v) is 2.56. The normalized spacial score (nSPS) is 14.8. The minimum atomic E-state index is -0.0181. The summed E-state index contributed by atoms with van der Waals surface area (Å²) in [5, 5.41) is 20.5. The second-order valence-corrected chi connectivity index (χ2v) is 5.05. The highest BCUT2D eigenvalue weighted by Crippen LogP contribution is 2.27. The van der Waals surface area contributed by atoms with Crippen molar-refractivity contribution in [2.24, 2.45) is 0 Å². The summed E-state index contributed by atoms with van der Waals surface area (Å²) in [6, 6.07) is 0.441. The third kappa shape index (κ3) is 3.20. The Morgan fingerprint density at radius 1 is 1.61 bits per heavy atom. The molecule has 100 valence electrons. The molecule has 1 aromatic rings. The van der Waals surface area contributed by atoms with Crippen molar-refractivity contribution in [3.8, 4) is 0 Å². The van der Waals surface area contributed by atoms with Crippen LogP contribution in [-0.4, -0.2) is 61.1 Å². The highest BCUT2D eigenvalue weighted by Gasteiger charge is 2.31. The Hall–Kier alpha value is -1.15. The fourth-order valence-electron chi connectivity index (χ4n) is 1.77. The Kier molecular flexibility index (Phi) is 4.54. The molecular formula is C10H17N5O2S. The average molecular weight is 271 g/mol. The minimum absolute atomic E-state index is 0.0181. The molecule has 0 saturated heterocycles. The summed E-state index contributed by atoms with van der Waals surface area (Å²) < 4.78 is 1.51. The second kappa shape index (κ2) is 6.14. The molecule has 8 heteroatoms. The van der Waals surface area contributed by atoms with Crippen molar-refractivity contribution in [1.29, 1.82) is 0 Å². The number of hydrogen-bond donors (Lipinski definition) is 1. The van der Waals surface area contributed by atoms with E-state index in [2.05, 4.69) is 15.5 Å². The van der Waals surface area contributed by atoms with Crippen LogP contribution >= 0.6 is 11.8 Å². The first-order chi connectivity index (χ1) is 8.76. The van der Waals surface area contributed by atoms with Crippen LogP contribution in [-0.2, 0) is 11.3 Å². The van der Waals surface area contributed by atoms with Crippen molar-refractivity contribution >= 4 is 17.7 Å². The van der Waals surface area contributed by atoms with Crippen molar-refractivity contribution in [3.63, 3.8) is 0 Å². The molecule has 0 aromatic carbocycles. The van der Waals surface area contributed by atoms with E-state index in [0.717, 1.165) is 19.4 Å². The van der Waals surface area contributed by atoms with Crippen LogP contribution in [0.5, 0.6) is 0 Å². The van der Waals surface area contributed by atoms with Gasteiger partial charge >= 0.3 is 0 Å². The van der Waals surface area contributed by atoms with Gasteiger partial charge in [0.2, 0.25) is 11.1 Å². The molecule has 0 spiro atoms. The Balaban J connectivity index is 1.86. The Morgan fingerprint density at radius 3 is 3.00 bits per heavy atom. The summed E-state index contributed by atoms with van der Waals surface area (Å²) in [6.45, 7) is 3.09. The van der Waals surface area contributed by atoms with Crippen molar-refractivity contribution in [2.75, 3.05) is 18.9 Å².